The smallest absolute Gasteiger partial charge is 0.160 e. The summed E-state index contributed by atoms with van der Waals surface area (Å²) in [7, 11) is 3.39. The van der Waals surface area contributed by atoms with Crippen molar-refractivity contribution in [3.05, 3.63) is 399 Å². The first-order valence-electron chi connectivity index (χ1n) is 36.1. The lowest BCUT2D eigenvalue weighted by Crippen LogP contribution is -2.28. The number of ether oxygens (including phenoxy) is 4. The Hall–Kier alpha value is -12.5. The molecule has 510 valence electrons. The molecule has 0 amide bonds. The van der Waals surface area contributed by atoms with Crippen LogP contribution >= 0.6 is 0 Å². The van der Waals surface area contributed by atoms with E-state index in [9.17, 15) is 0 Å². The van der Waals surface area contributed by atoms with Crippen LogP contribution < -0.4 is 28.7 Å². The van der Waals surface area contributed by atoms with E-state index in [2.05, 4.69) is 298 Å². The minimum Gasteiger partial charge on any atom is -0.497 e. The van der Waals surface area contributed by atoms with Crippen LogP contribution in [0, 0.1) is 11.6 Å². The Morgan fingerprint density at radius 2 is 0.705 bits per heavy atom. The van der Waals surface area contributed by atoms with E-state index in [4.69, 9.17) is 18.9 Å². The van der Waals surface area contributed by atoms with Crippen LogP contribution in [0.25, 0.3) is 39.0 Å². The number of hydrogen-bond acceptors (Lipinski definition) is 6. The molecule has 14 aromatic rings. The molecule has 105 heavy (non-hydrogen) atoms. The second-order valence-electron chi connectivity index (χ2n) is 28.0. The van der Waals surface area contributed by atoms with Gasteiger partial charge in [-0.3, -0.25) is 0 Å². The van der Waals surface area contributed by atoms with Crippen molar-refractivity contribution >= 4 is 39.7 Å². The first-order chi connectivity index (χ1) is 51.5. The summed E-state index contributed by atoms with van der Waals surface area (Å²) >= 11 is 0. The molecule has 4 aliphatic rings. The SMILES string of the molecule is C=C(C)c1cc(N(c2ccc(-c3ccc(N(c4ccc(F)c(F)c4)c4ccc5c(c4)C(c4ccc(OC)cc4)(c4ccc(Oc6ccc7c(c6)CC7)cc4)c4ccccc4-5)cc3)cc2)c2ccc3c(c2)C(c2ccc(OC)cc2)(c2ccc(Oc4ccc5c(c4)CC5)cc2)c2ccccc2-3)ccc1CC. The molecule has 0 aliphatic heterocycles. The number of rotatable bonds is 19. The van der Waals surface area contributed by atoms with Crippen molar-refractivity contribution < 1.29 is 27.7 Å². The maximum absolute atomic E-state index is 15.9. The van der Waals surface area contributed by atoms with Gasteiger partial charge in [-0.25, -0.2) is 8.78 Å². The molecule has 0 aromatic heterocycles. The number of methoxy groups -OCH3 is 2. The minimum atomic E-state index is -0.943. The predicted octanol–water partition coefficient (Wildman–Crippen LogP) is 24.7. The lowest BCUT2D eigenvalue weighted by molar-refractivity contribution is 0.414. The fourth-order valence-electron chi connectivity index (χ4n) is 16.9. The molecule has 0 bridgehead atoms. The lowest BCUT2D eigenvalue weighted by atomic mass is 9.67. The molecule has 0 spiro atoms. The molecule has 18 rings (SSSR count). The number of halogens is 2. The monoisotopic (exact) mass is 1370 g/mol. The van der Waals surface area contributed by atoms with Crippen molar-refractivity contribution in [2.75, 3.05) is 24.0 Å². The Bertz CT molecular complexity index is 5730. The number of aryl methyl sites for hydroxylation is 5. The third-order valence-electron chi connectivity index (χ3n) is 22.3. The molecule has 0 heterocycles. The van der Waals surface area contributed by atoms with Gasteiger partial charge in [0.15, 0.2) is 11.6 Å². The highest BCUT2D eigenvalue weighted by Crippen LogP contribution is 2.60. The summed E-state index contributed by atoms with van der Waals surface area (Å²) in [6.45, 7) is 8.76. The third-order valence-corrected chi connectivity index (χ3v) is 22.3. The average Bonchev–Trinajstić information content (AvgIpc) is 1.58. The molecule has 8 heteroatoms. The Kier molecular flexibility index (Phi) is 16.0. The maximum Gasteiger partial charge on any atom is 0.160 e. The Balaban J connectivity index is 0.729. The molecule has 0 saturated carbocycles. The summed E-state index contributed by atoms with van der Waals surface area (Å²) in [6.07, 6.45) is 5.23. The van der Waals surface area contributed by atoms with Gasteiger partial charge in [-0.1, -0.05) is 171 Å². The first kappa shape index (κ1) is 64.6. The van der Waals surface area contributed by atoms with Crippen molar-refractivity contribution in [2.45, 2.75) is 56.8 Å². The largest absolute Gasteiger partial charge is 0.497 e. The van der Waals surface area contributed by atoms with Crippen LogP contribution in [0.15, 0.2) is 310 Å². The molecular formula is C97H74F2N2O4. The van der Waals surface area contributed by atoms with Gasteiger partial charge in [0.25, 0.3) is 0 Å². The molecule has 4 aliphatic carbocycles. The maximum atomic E-state index is 15.9. The third kappa shape index (κ3) is 10.9. The highest BCUT2D eigenvalue weighted by atomic mass is 19.2. The van der Waals surface area contributed by atoms with Gasteiger partial charge in [0.05, 0.1) is 25.0 Å². The first-order valence-corrected chi connectivity index (χ1v) is 36.1. The molecule has 2 unspecified atom stereocenters. The van der Waals surface area contributed by atoms with Crippen LogP contribution in [0.2, 0.25) is 0 Å². The Morgan fingerprint density at radius 3 is 1.10 bits per heavy atom. The molecule has 0 N–H and O–H groups in total. The molecule has 0 radical (unpaired) electrons. The molecule has 0 fully saturated rings. The zero-order valence-electron chi connectivity index (χ0n) is 58.9. The number of nitrogens with zero attached hydrogens (tertiary/aromatic N) is 2. The van der Waals surface area contributed by atoms with Crippen molar-refractivity contribution in [1.82, 2.24) is 0 Å². The van der Waals surface area contributed by atoms with Crippen LogP contribution in [0.1, 0.15) is 91.7 Å². The summed E-state index contributed by atoms with van der Waals surface area (Å²) in [6, 6.07) is 106. The number of fused-ring (bicyclic) bond motifs is 8. The average molecular weight is 1370 g/mol. The van der Waals surface area contributed by atoms with Gasteiger partial charge < -0.3 is 28.7 Å². The predicted molar refractivity (Wildman–Crippen MR) is 421 cm³/mol. The second-order valence-corrected chi connectivity index (χ2v) is 28.0. The van der Waals surface area contributed by atoms with E-state index in [-0.39, 0.29) is 0 Å². The molecular weight excluding hydrogens is 1300 g/mol. The number of allylic oxidation sites excluding steroid dienone is 1. The van der Waals surface area contributed by atoms with E-state index >= 15 is 8.78 Å². The Morgan fingerprint density at radius 1 is 0.343 bits per heavy atom. The minimum absolute atomic E-state index is 0.464. The highest BCUT2D eigenvalue weighted by molar-refractivity contribution is 5.92. The van der Waals surface area contributed by atoms with Crippen molar-refractivity contribution in [2.24, 2.45) is 0 Å². The van der Waals surface area contributed by atoms with Gasteiger partial charge >= 0.3 is 0 Å². The van der Waals surface area contributed by atoms with Crippen LogP contribution in [-0.2, 0) is 42.9 Å². The summed E-state index contributed by atoms with van der Waals surface area (Å²) < 4.78 is 55.6. The lowest BCUT2D eigenvalue weighted by Gasteiger charge is -2.35. The summed E-state index contributed by atoms with van der Waals surface area (Å²) in [4.78, 5) is 4.38. The molecule has 14 aromatic carbocycles. The molecule has 6 nitrogen and oxygen atoms in total. The topological polar surface area (TPSA) is 43.4 Å². The van der Waals surface area contributed by atoms with Gasteiger partial charge in [-0.2, -0.15) is 0 Å². The zero-order chi connectivity index (χ0) is 71.1. The second kappa shape index (κ2) is 26.1. The van der Waals surface area contributed by atoms with E-state index < -0.39 is 22.5 Å². The van der Waals surface area contributed by atoms with Crippen LogP contribution in [0.3, 0.4) is 0 Å². The van der Waals surface area contributed by atoms with Crippen LogP contribution in [0.4, 0.5) is 42.9 Å². The van der Waals surface area contributed by atoms with Gasteiger partial charge in [0.2, 0.25) is 0 Å². The highest BCUT2D eigenvalue weighted by Gasteiger charge is 2.48. The van der Waals surface area contributed by atoms with Gasteiger partial charge in [0.1, 0.15) is 34.5 Å². The molecule has 2 atom stereocenters. The van der Waals surface area contributed by atoms with E-state index in [1.807, 2.05) is 17.0 Å². The summed E-state index contributed by atoms with van der Waals surface area (Å²) in [5.74, 6) is 2.83. The standard InChI is InChI=1S/C97H74F2N2O4/c1-6-62-19-38-75(57-89(62)61(2)3)100(76-39-52-87-85-11-7-9-13-90(85)96(92(87)58-76,69-26-44-79(102-4)45-27-69)71-30-48-81(49-31-71)104-83-42-24-65-15-17-67(65)55-83)73-34-20-63(21-35-73)64-22-36-74(37-23-64)101(78-41-54-94(98)95(99)60-78)77-40-53-88-86-12-8-10-14-91(86)97(93(88)59-77,70-28-46-80(103-5)47-29-70)72-32-50-82(51-33-72)105-84-43-25-66-16-18-68(66)56-84/h7-14,19-60H,2,6,15-18H2,1,3-5H3. The van der Waals surface area contributed by atoms with Gasteiger partial charge in [-0.15, -0.1) is 0 Å². The van der Waals surface area contributed by atoms with E-state index in [0.717, 1.165) is 173 Å². The van der Waals surface area contributed by atoms with Gasteiger partial charge in [0, 0.05) is 40.2 Å². The molecule has 0 saturated heterocycles. The van der Waals surface area contributed by atoms with Crippen molar-refractivity contribution in [3.63, 3.8) is 0 Å². The number of hydrogen-bond donors (Lipinski definition) is 0. The number of benzene rings is 14. The normalized spacial score (nSPS) is 15.3. The summed E-state index contributed by atoms with van der Waals surface area (Å²) in [5, 5.41) is 0. The van der Waals surface area contributed by atoms with E-state index in [0.29, 0.717) is 5.69 Å². The van der Waals surface area contributed by atoms with Crippen molar-refractivity contribution in [3.8, 4) is 67.9 Å². The van der Waals surface area contributed by atoms with Crippen LogP contribution in [-0.4, -0.2) is 14.2 Å². The number of anilines is 6. The van der Waals surface area contributed by atoms with Gasteiger partial charge in [-0.05, 0) is 296 Å². The Labute approximate surface area is 612 Å². The fraction of sp³-hybridized carbons (Fsp3) is 0.113. The zero-order valence-corrected chi connectivity index (χ0v) is 58.9. The van der Waals surface area contributed by atoms with E-state index in [1.165, 1.54) is 51.1 Å². The summed E-state index contributed by atoms with van der Waals surface area (Å²) in [5.41, 5.74) is 27.4. The van der Waals surface area contributed by atoms with E-state index in [1.54, 1.807) is 20.3 Å². The van der Waals surface area contributed by atoms with Crippen molar-refractivity contribution in [1.29, 1.82) is 0 Å². The van der Waals surface area contributed by atoms with Crippen LogP contribution in [0.5, 0.6) is 34.5 Å². The fourth-order valence-corrected chi connectivity index (χ4v) is 16.9. The quantitative estimate of drug-likeness (QED) is 0.0804.